The minimum atomic E-state index is -1.23. The second-order valence-corrected chi connectivity index (χ2v) is 3.32. The molecule has 3 nitrogen and oxygen atoms in total. The van der Waals surface area contributed by atoms with Crippen molar-refractivity contribution in [3.05, 3.63) is 0 Å². The first-order valence-corrected chi connectivity index (χ1v) is 4.45. The zero-order valence-corrected chi connectivity index (χ0v) is 8.23. The Morgan fingerprint density at radius 2 is 2.17 bits per heavy atom. The highest BCUT2D eigenvalue weighted by Gasteiger charge is 2.35. The van der Waals surface area contributed by atoms with Gasteiger partial charge in [0.15, 0.2) is 4.87 Å². The van der Waals surface area contributed by atoms with Gasteiger partial charge in [-0.3, -0.25) is 4.79 Å². The molecule has 1 atom stereocenters. The van der Waals surface area contributed by atoms with Crippen LogP contribution in [0.1, 0.15) is 26.7 Å². The maximum atomic E-state index is 11.2. The zero-order valence-electron chi connectivity index (χ0n) is 7.47. The Labute approximate surface area is 77.7 Å². The summed E-state index contributed by atoms with van der Waals surface area (Å²) < 4.78 is 4.72. The molecular formula is C8H15ClO3. The average molecular weight is 195 g/mol. The number of halogens is 1. The summed E-state index contributed by atoms with van der Waals surface area (Å²) in [7, 11) is 0. The Balaban J connectivity index is 4.18. The average Bonchev–Trinajstić information content (AvgIpc) is 2.05. The third kappa shape index (κ3) is 2.99. The van der Waals surface area contributed by atoms with Gasteiger partial charge < -0.3 is 9.84 Å². The van der Waals surface area contributed by atoms with E-state index in [9.17, 15) is 4.79 Å². The maximum absolute atomic E-state index is 11.2. The van der Waals surface area contributed by atoms with Crippen LogP contribution in [-0.4, -0.2) is 29.2 Å². The Kier molecular flexibility index (Phi) is 5.25. The fraction of sp³-hybridized carbons (Fsp3) is 0.875. The number of hydrogen-bond acceptors (Lipinski definition) is 3. The van der Waals surface area contributed by atoms with Crippen molar-refractivity contribution in [2.24, 2.45) is 0 Å². The Bertz CT molecular complexity index is 149. The first-order chi connectivity index (χ1) is 5.60. The molecule has 72 valence electrons. The molecule has 1 N–H and O–H groups in total. The quantitative estimate of drug-likeness (QED) is 0.531. The molecule has 0 bridgehead atoms. The molecule has 0 saturated heterocycles. The highest BCUT2D eigenvalue weighted by Crippen LogP contribution is 2.22. The third-order valence-corrected chi connectivity index (χ3v) is 2.00. The van der Waals surface area contributed by atoms with Gasteiger partial charge in [0.05, 0.1) is 13.2 Å². The maximum Gasteiger partial charge on any atom is 0.329 e. The van der Waals surface area contributed by atoms with E-state index in [1.807, 2.05) is 6.92 Å². The highest BCUT2D eigenvalue weighted by atomic mass is 35.5. The normalized spacial score (nSPS) is 15.3. The summed E-state index contributed by atoms with van der Waals surface area (Å²) in [6.45, 7) is 3.52. The summed E-state index contributed by atoms with van der Waals surface area (Å²) >= 11 is 5.83. The molecule has 0 rings (SSSR count). The molecule has 12 heavy (non-hydrogen) atoms. The van der Waals surface area contributed by atoms with E-state index in [-0.39, 0.29) is 13.2 Å². The first kappa shape index (κ1) is 11.7. The first-order valence-electron chi connectivity index (χ1n) is 4.07. The number of hydrogen-bond donors (Lipinski definition) is 1. The van der Waals surface area contributed by atoms with Crippen LogP contribution in [0, 0.1) is 0 Å². The summed E-state index contributed by atoms with van der Waals surface area (Å²) in [4.78, 5) is 9.94. The minimum absolute atomic E-state index is 0.289. The van der Waals surface area contributed by atoms with E-state index in [2.05, 4.69) is 0 Å². The van der Waals surface area contributed by atoms with Crippen LogP contribution < -0.4 is 0 Å². The molecule has 0 aromatic carbocycles. The molecule has 0 spiro atoms. The van der Waals surface area contributed by atoms with Gasteiger partial charge in [-0.25, -0.2) is 0 Å². The van der Waals surface area contributed by atoms with Crippen LogP contribution in [0.15, 0.2) is 0 Å². The number of carbonyl (C=O) groups is 1. The lowest BCUT2D eigenvalue weighted by molar-refractivity contribution is -0.147. The zero-order chi connectivity index (χ0) is 9.61. The number of rotatable bonds is 5. The van der Waals surface area contributed by atoms with Crippen LogP contribution in [0.25, 0.3) is 0 Å². The number of ether oxygens (including phenoxy) is 1. The van der Waals surface area contributed by atoms with E-state index in [1.54, 1.807) is 6.92 Å². The molecule has 0 aliphatic heterocycles. The molecule has 0 aliphatic rings. The van der Waals surface area contributed by atoms with Gasteiger partial charge in [-0.1, -0.05) is 13.3 Å². The van der Waals surface area contributed by atoms with E-state index >= 15 is 0 Å². The number of esters is 1. The van der Waals surface area contributed by atoms with Crippen LogP contribution in [0.4, 0.5) is 0 Å². The lowest BCUT2D eigenvalue weighted by Crippen LogP contribution is -2.38. The van der Waals surface area contributed by atoms with Crippen molar-refractivity contribution in [2.45, 2.75) is 31.6 Å². The predicted octanol–water partition coefficient (Wildman–Crippen LogP) is 1.32. The topological polar surface area (TPSA) is 46.5 Å². The van der Waals surface area contributed by atoms with Gasteiger partial charge in [-0.15, -0.1) is 11.6 Å². The second-order valence-electron chi connectivity index (χ2n) is 2.59. The monoisotopic (exact) mass is 194 g/mol. The van der Waals surface area contributed by atoms with E-state index in [0.29, 0.717) is 6.42 Å². The SMILES string of the molecule is CCCC(Cl)(CO)C(=O)OCC. The molecule has 0 saturated carbocycles. The minimum Gasteiger partial charge on any atom is -0.465 e. The number of aliphatic hydroxyl groups excluding tert-OH is 1. The number of alkyl halides is 1. The van der Waals surface area contributed by atoms with Gasteiger partial charge in [0.2, 0.25) is 0 Å². The van der Waals surface area contributed by atoms with E-state index < -0.39 is 10.8 Å². The molecule has 1 unspecified atom stereocenters. The van der Waals surface area contributed by atoms with Crippen molar-refractivity contribution in [3.8, 4) is 0 Å². The van der Waals surface area contributed by atoms with Crippen molar-refractivity contribution in [2.75, 3.05) is 13.2 Å². The second kappa shape index (κ2) is 5.38. The molecule has 0 heterocycles. The Morgan fingerprint density at radius 1 is 1.58 bits per heavy atom. The van der Waals surface area contributed by atoms with Crippen molar-refractivity contribution in [1.29, 1.82) is 0 Å². The summed E-state index contributed by atoms with van der Waals surface area (Å²) in [5.74, 6) is -0.531. The Hall–Kier alpha value is -0.280. The van der Waals surface area contributed by atoms with Gasteiger partial charge in [-0.2, -0.15) is 0 Å². The molecule has 0 radical (unpaired) electrons. The summed E-state index contributed by atoms with van der Waals surface area (Å²) in [5.41, 5.74) is 0. The van der Waals surface area contributed by atoms with Crippen molar-refractivity contribution in [1.82, 2.24) is 0 Å². The number of carbonyl (C=O) groups excluding carboxylic acids is 1. The van der Waals surface area contributed by atoms with Gasteiger partial charge in [0.25, 0.3) is 0 Å². The van der Waals surface area contributed by atoms with Gasteiger partial charge in [0.1, 0.15) is 0 Å². The fourth-order valence-electron chi connectivity index (χ4n) is 0.902. The number of aliphatic hydroxyl groups is 1. The van der Waals surface area contributed by atoms with Gasteiger partial charge >= 0.3 is 5.97 Å². The van der Waals surface area contributed by atoms with Crippen LogP contribution >= 0.6 is 11.6 Å². The Morgan fingerprint density at radius 3 is 2.50 bits per heavy atom. The van der Waals surface area contributed by atoms with Crippen molar-refractivity contribution < 1.29 is 14.6 Å². The predicted molar refractivity (Wildman–Crippen MR) is 47.2 cm³/mol. The largest absolute Gasteiger partial charge is 0.465 e. The molecule has 0 fully saturated rings. The van der Waals surface area contributed by atoms with Crippen molar-refractivity contribution >= 4 is 17.6 Å². The van der Waals surface area contributed by atoms with Crippen molar-refractivity contribution in [3.63, 3.8) is 0 Å². The van der Waals surface area contributed by atoms with Crippen LogP contribution in [0.3, 0.4) is 0 Å². The summed E-state index contributed by atoms with van der Waals surface area (Å²) in [5, 5.41) is 8.88. The van der Waals surface area contributed by atoms with E-state index in [4.69, 9.17) is 21.4 Å². The summed E-state index contributed by atoms with van der Waals surface area (Å²) in [6, 6.07) is 0. The van der Waals surface area contributed by atoms with Crippen LogP contribution in [0.2, 0.25) is 0 Å². The summed E-state index contributed by atoms with van der Waals surface area (Å²) in [6.07, 6.45) is 1.17. The smallest absolute Gasteiger partial charge is 0.329 e. The van der Waals surface area contributed by atoms with Crippen LogP contribution in [0.5, 0.6) is 0 Å². The van der Waals surface area contributed by atoms with E-state index in [1.165, 1.54) is 0 Å². The van der Waals surface area contributed by atoms with Gasteiger partial charge in [0, 0.05) is 0 Å². The third-order valence-electron chi connectivity index (χ3n) is 1.54. The van der Waals surface area contributed by atoms with E-state index in [0.717, 1.165) is 6.42 Å². The fourth-order valence-corrected chi connectivity index (χ4v) is 1.15. The molecule has 0 aromatic rings. The van der Waals surface area contributed by atoms with Gasteiger partial charge in [-0.05, 0) is 13.3 Å². The molecule has 4 heteroatoms. The molecule has 0 amide bonds. The standard InChI is InChI=1S/C8H15ClO3/c1-3-5-8(9,6-10)7(11)12-4-2/h10H,3-6H2,1-2H3. The molecule has 0 aromatic heterocycles. The molecular weight excluding hydrogens is 180 g/mol. The lowest BCUT2D eigenvalue weighted by atomic mass is 10.0. The van der Waals surface area contributed by atoms with Crippen LogP contribution in [-0.2, 0) is 9.53 Å². The highest BCUT2D eigenvalue weighted by molar-refractivity contribution is 6.34. The molecule has 0 aliphatic carbocycles. The lowest BCUT2D eigenvalue weighted by Gasteiger charge is -2.21.